The van der Waals surface area contributed by atoms with E-state index < -0.39 is 18.4 Å². The third-order valence-electron chi connectivity index (χ3n) is 5.13. The van der Waals surface area contributed by atoms with E-state index in [0.717, 1.165) is 5.69 Å². The molecule has 0 atom stereocenters. The summed E-state index contributed by atoms with van der Waals surface area (Å²) in [7, 11) is 0. The Labute approximate surface area is 151 Å². The average Bonchev–Trinajstić information content (AvgIpc) is 3.13. The van der Waals surface area contributed by atoms with Crippen LogP contribution in [0.5, 0.6) is 0 Å². The molecule has 0 saturated carbocycles. The van der Waals surface area contributed by atoms with E-state index in [0.29, 0.717) is 0 Å². The minimum atomic E-state index is -2.47. The molecule has 0 N–H and O–H groups in total. The number of benzene rings is 1. The molecule has 0 fully saturated rings. The molecule has 24 heavy (non-hydrogen) atoms. The van der Waals surface area contributed by atoms with Gasteiger partial charge >= 0.3 is 152 Å². The molecular formula is C21H33NOSn. The third kappa shape index (κ3) is 5.11. The van der Waals surface area contributed by atoms with E-state index in [1.807, 2.05) is 0 Å². The van der Waals surface area contributed by atoms with Crippen molar-refractivity contribution in [3.8, 4) is 11.3 Å². The predicted octanol–water partition coefficient (Wildman–Crippen LogP) is 6.40. The van der Waals surface area contributed by atoms with Crippen molar-refractivity contribution in [3.63, 3.8) is 0 Å². The summed E-state index contributed by atoms with van der Waals surface area (Å²) in [4.78, 5) is 0. The van der Waals surface area contributed by atoms with Gasteiger partial charge in [0.05, 0.1) is 0 Å². The molecule has 1 aromatic heterocycles. The molecule has 3 heteroatoms. The molecule has 0 unspecified atom stereocenters. The van der Waals surface area contributed by atoms with Gasteiger partial charge in [-0.2, -0.15) is 0 Å². The molecule has 0 radical (unpaired) electrons. The van der Waals surface area contributed by atoms with Crippen LogP contribution < -0.4 is 3.78 Å². The summed E-state index contributed by atoms with van der Waals surface area (Å²) < 4.78 is 11.6. The van der Waals surface area contributed by atoms with Crippen molar-refractivity contribution in [2.45, 2.75) is 72.6 Å². The Morgan fingerprint density at radius 2 is 1.38 bits per heavy atom. The van der Waals surface area contributed by atoms with Crippen LogP contribution >= 0.6 is 0 Å². The fraction of sp³-hybridized carbons (Fsp3) is 0.571. The Balaban J connectivity index is 2.31. The van der Waals surface area contributed by atoms with Gasteiger partial charge in [-0.1, -0.05) is 0 Å². The minimum absolute atomic E-state index is 1.02. The van der Waals surface area contributed by atoms with Gasteiger partial charge in [0.2, 0.25) is 0 Å². The number of hydrogen-bond donors (Lipinski definition) is 0. The number of hydrogen-bond acceptors (Lipinski definition) is 2. The first-order chi connectivity index (χ1) is 11.8. The van der Waals surface area contributed by atoms with Crippen LogP contribution in [-0.2, 0) is 0 Å². The third-order valence-corrected chi connectivity index (χ3v) is 20.0. The van der Waals surface area contributed by atoms with Crippen LogP contribution in [0.3, 0.4) is 0 Å². The summed E-state index contributed by atoms with van der Waals surface area (Å²) in [5.41, 5.74) is 2.20. The van der Waals surface area contributed by atoms with E-state index in [-0.39, 0.29) is 0 Å². The number of nitrogens with zero attached hydrogens (tertiary/aromatic N) is 1. The maximum absolute atomic E-state index is 6.02. The molecule has 0 bridgehead atoms. The number of unbranched alkanes of at least 4 members (excludes halogenated alkanes) is 3. The van der Waals surface area contributed by atoms with E-state index in [9.17, 15) is 0 Å². The first kappa shape index (κ1) is 19.6. The van der Waals surface area contributed by atoms with Crippen LogP contribution in [0.15, 0.2) is 40.9 Å². The Morgan fingerprint density at radius 1 is 0.833 bits per heavy atom. The molecule has 2 rings (SSSR count). The van der Waals surface area contributed by atoms with Gasteiger partial charge in [-0.15, -0.1) is 0 Å². The van der Waals surface area contributed by atoms with E-state index in [2.05, 4.69) is 62.3 Å². The van der Waals surface area contributed by atoms with E-state index >= 15 is 0 Å². The SMILES string of the molecule is CCC[CH2][Sn]([CH2]CCC)([CH2]CCC)[c]1cc(-c2ccccc2)no1. The van der Waals surface area contributed by atoms with Gasteiger partial charge in [-0.05, 0) is 0 Å². The van der Waals surface area contributed by atoms with Gasteiger partial charge < -0.3 is 0 Å². The standard InChI is InChI=1S/C9H6NO.3C4H9.Sn/c1-2-4-8(5-3-1)9-6-7-11-10-9;3*1-3-4-2;/h1-6H;3*1,3-4H2,2H3;. The molecule has 0 aliphatic rings. The zero-order valence-corrected chi connectivity index (χ0v) is 18.5. The predicted molar refractivity (Wildman–Crippen MR) is 106 cm³/mol. The van der Waals surface area contributed by atoms with Crippen LogP contribution in [-0.4, -0.2) is 23.5 Å². The molecule has 0 aliphatic heterocycles. The quantitative estimate of drug-likeness (QED) is 0.383. The summed E-state index contributed by atoms with van der Waals surface area (Å²) >= 11 is -2.47. The summed E-state index contributed by atoms with van der Waals surface area (Å²) in [6.07, 6.45) is 7.92. The molecule has 1 heterocycles. The number of rotatable bonds is 11. The summed E-state index contributed by atoms with van der Waals surface area (Å²) in [5.74, 6) is 0. The van der Waals surface area contributed by atoms with E-state index in [4.69, 9.17) is 4.52 Å². The first-order valence-electron chi connectivity index (χ1n) is 9.78. The zero-order valence-electron chi connectivity index (χ0n) is 15.7. The van der Waals surface area contributed by atoms with Crippen molar-refractivity contribution in [1.29, 1.82) is 0 Å². The normalized spacial score (nSPS) is 11.8. The average molecular weight is 434 g/mol. The molecule has 1 aromatic carbocycles. The molecule has 132 valence electrons. The van der Waals surface area contributed by atoms with Crippen LogP contribution in [0, 0.1) is 0 Å². The van der Waals surface area contributed by atoms with Crippen molar-refractivity contribution in [3.05, 3.63) is 36.4 Å². The van der Waals surface area contributed by atoms with Crippen LogP contribution in [0.1, 0.15) is 59.3 Å². The van der Waals surface area contributed by atoms with Crippen molar-refractivity contribution < 1.29 is 4.52 Å². The van der Waals surface area contributed by atoms with Gasteiger partial charge in [0.15, 0.2) is 0 Å². The van der Waals surface area contributed by atoms with Gasteiger partial charge in [0.1, 0.15) is 0 Å². The summed E-state index contributed by atoms with van der Waals surface area (Å²) in [6.45, 7) is 6.93. The van der Waals surface area contributed by atoms with Gasteiger partial charge in [0.25, 0.3) is 0 Å². The van der Waals surface area contributed by atoms with E-state index in [1.165, 1.54) is 61.2 Å². The van der Waals surface area contributed by atoms with Crippen molar-refractivity contribution in [2.75, 3.05) is 0 Å². The first-order valence-corrected chi connectivity index (χ1v) is 17.3. The second-order valence-electron chi connectivity index (χ2n) is 7.03. The Morgan fingerprint density at radius 3 is 1.88 bits per heavy atom. The van der Waals surface area contributed by atoms with Crippen LogP contribution in [0.25, 0.3) is 11.3 Å². The molecule has 0 aliphatic carbocycles. The Bertz CT molecular complexity index is 557. The van der Waals surface area contributed by atoms with Crippen LogP contribution in [0.4, 0.5) is 0 Å². The molecular weight excluding hydrogens is 401 g/mol. The maximum atomic E-state index is 6.02. The van der Waals surface area contributed by atoms with Crippen molar-refractivity contribution in [2.24, 2.45) is 0 Å². The molecule has 0 amide bonds. The Hall–Kier alpha value is -0.771. The van der Waals surface area contributed by atoms with E-state index in [1.54, 1.807) is 0 Å². The zero-order chi connectivity index (χ0) is 17.3. The van der Waals surface area contributed by atoms with Crippen LogP contribution in [0.2, 0.25) is 13.3 Å². The van der Waals surface area contributed by atoms with Gasteiger partial charge in [-0.25, -0.2) is 0 Å². The summed E-state index contributed by atoms with van der Waals surface area (Å²) in [6, 6.07) is 12.8. The molecule has 0 spiro atoms. The molecule has 0 saturated heterocycles. The van der Waals surface area contributed by atoms with Gasteiger partial charge in [0, 0.05) is 0 Å². The van der Waals surface area contributed by atoms with Crippen molar-refractivity contribution in [1.82, 2.24) is 5.16 Å². The fourth-order valence-electron chi connectivity index (χ4n) is 3.56. The molecule has 2 nitrogen and oxygen atoms in total. The summed E-state index contributed by atoms with van der Waals surface area (Å²) in [5, 5.41) is 4.45. The Kier molecular flexibility index (Phi) is 8.37. The second-order valence-corrected chi connectivity index (χ2v) is 20.0. The number of aromatic nitrogens is 1. The molecule has 2 aromatic rings. The van der Waals surface area contributed by atoms with Gasteiger partial charge in [-0.3, -0.25) is 0 Å². The van der Waals surface area contributed by atoms with Crippen molar-refractivity contribution >= 4 is 22.2 Å². The second kappa shape index (κ2) is 10.3. The fourth-order valence-corrected chi connectivity index (χ4v) is 18.6. The topological polar surface area (TPSA) is 26.0 Å². The monoisotopic (exact) mass is 435 g/mol.